The lowest BCUT2D eigenvalue weighted by atomic mass is 9.32. The number of esters is 2. The van der Waals surface area contributed by atoms with Gasteiger partial charge in [0.25, 0.3) is 0 Å². The summed E-state index contributed by atoms with van der Waals surface area (Å²) in [6, 6.07) is 2.39. The van der Waals surface area contributed by atoms with E-state index in [4.69, 9.17) is 23.4 Å². The molecule has 13 fully saturated rings. The van der Waals surface area contributed by atoms with E-state index in [0.29, 0.717) is 54.2 Å². The Morgan fingerprint density at radius 3 is 2.63 bits per heavy atom. The molecule has 8 heterocycles. The van der Waals surface area contributed by atoms with Crippen LogP contribution in [0, 0.1) is 105 Å². The quantitative estimate of drug-likeness (QED) is 0.127. The van der Waals surface area contributed by atoms with Crippen LogP contribution in [0.3, 0.4) is 0 Å². The maximum Gasteiger partial charge on any atom is 0.339 e. The fourth-order valence-electron chi connectivity index (χ4n) is 24.3. The number of allylic oxidation sites excluding steroid dienone is 1. The van der Waals surface area contributed by atoms with E-state index < -0.39 is 80.7 Å². The van der Waals surface area contributed by atoms with Crippen LogP contribution in [0.2, 0.25) is 0 Å². The van der Waals surface area contributed by atoms with Gasteiger partial charge in [0.2, 0.25) is 0 Å². The molecule has 15 aliphatic rings. The molecular formula is C60H78N2O11. The van der Waals surface area contributed by atoms with Crippen LogP contribution in [0.4, 0.5) is 0 Å². The highest BCUT2D eigenvalue weighted by Gasteiger charge is 2.97. The minimum Gasteiger partial charge on any atom is -0.469 e. The van der Waals surface area contributed by atoms with Crippen LogP contribution in [0.5, 0.6) is 0 Å². The summed E-state index contributed by atoms with van der Waals surface area (Å²) in [5, 5.41) is 39.5. The smallest absolute Gasteiger partial charge is 0.339 e. The molecule has 4 N–H and O–H groups in total. The van der Waals surface area contributed by atoms with E-state index in [2.05, 4.69) is 56.3 Å². The van der Waals surface area contributed by atoms with Gasteiger partial charge in [-0.05, 0) is 166 Å². The number of hydrogen-bond donors (Lipinski definition) is 4. The number of aliphatic hydroxyl groups is 3. The molecule has 1 aromatic heterocycles. The number of fused-ring (bicyclic) bond motifs is 6. The molecule has 8 aliphatic carbocycles. The Balaban J connectivity index is 0.825. The average Bonchev–Trinajstić information content (AvgIpc) is 4.09. The van der Waals surface area contributed by atoms with Crippen molar-refractivity contribution in [1.29, 1.82) is 0 Å². The van der Waals surface area contributed by atoms with E-state index >= 15 is 9.59 Å². The van der Waals surface area contributed by atoms with Crippen molar-refractivity contribution in [1.82, 2.24) is 10.2 Å². The molecule has 0 amide bonds. The molecule has 0 radical (unpaired) electrons. The Morgan fingerprint density at radius 1 is 0.932 bits per heavy atom. The van der Waals surface area contributed by atoms with E-state index in [0.717, 1.165) is 82.5 Å². The van der Waals surface area contributed by atoms with E-state index in [1.165, 1.54) is 31.3 Å². The number of cyclic esters (lactones) is 2. The van der Waals surface area contributed by atoms with Crippen LogP contribution < -0.4 is 5.32 Å². The predicted octanol–water partition coefficient (Wildman–Crippen LogP) is 6.83. The summed E-state index contributed by atoms with van der Waals surface area (Å²) in [7, 11) is 0. The molecule has 5 saturated heterocycles. The number of hydrogen-bond acceptors (Lipinski definition) is 13. The summed E-state index contributed by atoms with van der Waals surface area (Å²) < 4.78 is 35.3. The number of nitrogens with one attached hydrogen (secondary N) is 1. The summed E-state index contributed by atoms with van der Waals surface area (Å²) in [5.41, 5.74) is -5.08. The first kappa shape index (κ1) is 46.1. The highest BCUT2D eigenvalue weighted by Crippen LogP contribution is 2.89. The van der Waals surface area contributed by atoms with Crippen LogP contribution in [-0.2, 0) is 39.8 Å². The molecule has 26 unspecified atom stereocenters. The van der Waals surface area contributed by atoms with Gasteiger partial charge in [0, 0.05) is 41.3 Å². The number of nitrogens with zero attached hydrogens (tertiary/aromatic N) is 1. The van der Waals surface area contributed by atoms with E-state index in [9.17, 15) is 20.1 Å². The third-order valence-electron chi connectivity index (χ3n) is 26.5. The van der Waals surface area contributed by atoms with Gasteiger partial charge in [-0.25, -0.2) is 4.79 Å². The first-order valence-electron chi connectivity index (χ1n) is 29.3. The van der Waals surface area contributed by atoms with Crippen LogP contribution in [0.25, 0.3) is 0 Å². The summed E-state index contributed by atoms with van der Waals surface area (Å²) in [4.78, 5) is 49.0. The van der Waals surface area contributed by atoms with Gasteiger partial charge in [-0.15, -0.1) is 0 Å². The number of epoxide rings is 1. The van der Waals surface area contributed by atoms with E-state index in [-0.39, 0.29) is 60.5 Å². The normalized spacial score (nSPS) is 56.7. The second kappa shape index (κ2) is 14.7. The zero-order valence-electron chi connectivity index (χ0n) is 43.3. The Kier molecular flexibility index (Phi) is 9.30. The number of Topliss-reactive ketones (excluding diaryl/α,β-unsaturated/α-hetero) is 1. The molecule has 394 valence electrons. The maximum absolute atomic E-state index is 16.5. The zero-order valence-corrected chi connectivity index (χ0v) is 43.3. The molecule has 16 rings (SSSR count). The molecule has 26 atom stereocenters. The lowest BCUT2D eigenvalue weighted by Gasteiger charge is -2.70. The van der Waals surface area contributed by atoms with Crippen molar-refractivity contribution in [2.45, 2.75) is 171 Å². The topological polar surface area (TPSA) is 181 Å². The Hall–Kier alpha value is -3.07. The minimum absolute atomic E-state index is 0.0493. The van der Waals surface area contributed by atoms with Crippen LogP contribution >= 0.6 is 0 Å². The summed E-state index contributed by atoms with van der Waals surface area (Å²) >= 11 is 0. The molecule has 4 spiro atoms. The van der Waals surface area contributed by atoms with Crippen molar-refractivity contribution in [2.24, 2.45) is 105 Å². The van der Waals surface area contributed by atoms with Gasteiger partial charge >= 0.3 is 11.9 Å². The number of furan rings is 1. The molecule has 13 heteroatoms. The zero-order chi connectivity index (χ0) is 49.7. The molecule has 13 nitrogen and oxygen atoms in total. The van der Waals surface area contributed by atoms with Crippen molar-refractivity contribution in [3.63, 3.8) is 0 Å². The van der Waals surface area contributed by atoms with Gasteiger partial charge in [-0.3, -0.25) is 14.9 Å². The minimum atomic E-state index is -1.48. The number of carbonyl (C=O) groups is 3. The second-order valence-corrected chi connectivity index (χ2v) is 28.3. The third-order valence-corrected chi connectivity index (χ3v) is 26.5. The number of carbonyl (C=O) groups excluding carboxylic acids is 3. The number of rotatable bonds is 7. The Labute approximate surface area is 429 Å². The van der Waals surface area contributed by atoms with Crippen LogP contribution in [0.1, 0.15) is 135 Å². The number of ketones is 1. The Bertz CT molecular complexity index is 2650. The summed E-state index contributed by atoms with van der Waals surface area (Å²) in [6.45, 7) is 10.5. The number of ether oxygens (including phenoxy) is 4. The van der Waals surface area contributed by atoms with Crippen molar-refractivity contribution in [3.8, 4) is 0 Å². The van der Waals surface area contributed by atoms with Gasteiger partial charge in [0.15, 0.2) is 11.9 Å². The molecule has 5 bridgehead atoms. The average molecular weight is 1000 g/mol. The van der Waals surface area contributed by atoms with Gasteiger partial charge in [0.05, 0.1) is 48.5 Å². The fraction of sp³-hybridized carbons (Fsp3) is 0.817. The van der Waals surface area contributed by atoms with Crippen molar-refractivity contribution < 1.29 is 53.1 Å². The van der Waals surface area contributed by atoms with Crippen molar-refractivity contribution in [2.75, 3.05) is 26.4 Å². The molecule has 1 aromatic rings. The SMILES string of the molecule is CC1C2CCCC2CCC1C1C=C2CC3CCCC34CC3CC5(C)C(c6ccoc6CC(C(O)CO)C6CCC7C(C=CN8CNCC78)C6)OC(=O)C6OC65C5(C)C(O)C(=O)C6C1(C)OC21C4C(=O)OCC61C35. The third kappa shape index (κ3) is 5.06. The van der Waals surface area contributed by atoms with Gasteiger partial charge in [0.1, 0.15) is 35.8 Å². The van der Waals surface area contributed by atoms with Gasteiger partial charge < -0.3 is 43.6 Å². The maximum atomic E-state index is 16.5. The lowest BCUT2D eigenvalue weighted by Crippen LogP contribution is -2.80. The van der Waals surface area contributed by atoms with Gasteiger partial charge in [-0.1, -0.05) is 52.2 Å². The summed E-state index contributed by atoms with van der Waals surface area (Å²) in [5.74, 6) is 1.02. The van der Waals surface area contributed by atoms with E-state index in [1.54, 1.807) is 6.26 Å². The highest BCUT2D eigenvalue weighted by atomic mass is 16.7. The predicted molar refractivity (Wildman–Crippen MR) is 262 cm³/mol. The largest absolute Gasteiger partial charge is 0.469 e. The van der Waals surface area contributed by atoms with Gasteiger partial charge in [-0.2, -0.15) is 0 Å². The Morgan fingerprint density at radius 2 is 1.78 bits per heavy atom. The van der Waals surface area contributed by atoms with Crippen molar-refractivity contribution in [3.05, 3.63) is 47.6 Å². The first-order chi connectivity index (χ1) is 35.1. The van der Waals surface area contributed by atoms with Crippen LogP contribution in [-0.4, -0.2) is 106 Å². The van der Waals surface area contributed by atoms with Crippen LogP contribution in [0.15, 0.2) is 40.7 Å². The standard InChI is InChI=1S/C60H78N2O11/c1-29-36-9-5-7-30(36)10-12-37(29)41-21-35-20-34-8-6-16-57(34)24-33-23-54(2)50(39-15-18-69-44(39)22-40(43(64)26-63)31-11-13-38-32(19-31)14-17-62-28-61-25-42(38)62)71-53(68)51-60(54,72-51)55(3)46(33)58-27-70-52(67)48(57)59(35,58)73-56(41,4)47(58)45(65)49(55)66/h14-15,17-18,21,29-34,36-38,40-43,46-51,61,63-64,66H,5-13,16,19-20,22-28H2,1-4H3. The summed E-state index contributed by atoms with van der Waals surface area (Å²) in [6.07, 6.45) is 19.0. The fourth-order valence-corrected chi connectivity index (χ4v) is 24.3. The highest BCUT2D eigenvalue weighted by molar-refractivity contribution is 5.94. The monoisotopic (exact) mass is 1000 g/mol. The molecule has 7 aliphatic heterocycles. The molecule has 73 heavy (non-hydrogen) atoms. The molecule has 8 saturated carbocycles. The van der Waals surface area contributed by atoms with E-state index in [1.807, 2.05) is 6.07 Å². The molecular weight excluding hydrogens is 925 g/mol. The number of aliphatic hydroxyl groups excluding tert-OH is 3. The van der Waals surface area contributed by atoms with Crippen molar-refractivity contribution >= 4 is 17.7 Å². The lowest BCUT2D eigenvalue weighted by molar-refractivity contribution is -0.281. The molecule has 0 aromatic carbocycles. The first-order valence-corrected chi connectivity index (χ1v) is 29.3. The second-order valence-electron chi connectivity index (χ2n) is 28.3.